The van der Waals surface area contributed by atoms with E-state index < -0.39 is 0 Å². The summed E-state index contributed by atoms with van der Waals surface area (Å²) in [5.74, 6) is -0.393. The first-order valence-electron chi connectivity index (χ1n) is 10.9. The number of aryl methyl sites for hydroxylation is 3. The summed E-state index contributed by atoms with van der Waals surface area (Å²) in [7, 11) is 0. The number of hydrogen-bond acceptors (Lipinski definition) is 3. The highest BCUT2D eigenvalue weighted by atomic mass is 35.5. The van der Waals surface area contributed by atoms with Crippen molar-refractivity contribution in [3.8, 4) is 0 Å². The third-order valence-corrected chi connectivity index (χ3v) is 6.30. The van der Waals surface area contributed by atoms with Crippen LogP contribution in [0.5, 0.6) is 0 Å². The van der Waals surface area contributed by atoms with Gasteiger partial charge in [-0.3, -0.25) is 14.4 Å². The molecule has 1 heterocycles. The molecule has 3 aromatic rings. The average molecular weight is 461 g/mol. The van der Waals surface area contributed by atoms with Crippen LogP contribution in [0.4, 0.5) is 11.4 Å². The van der Waals surface area contributed by atoms with Crippen LogP contribution in [-0.2, 0) is 0 Å². The second-order valence-corrected chi connectivity index (χ2v) is 8.86. The van der Waals surface area contributed by atoms with Gasteiger partial charge in [-0.2, -0.15) is 0 Å². The zero-order valence-electron chi connectivity index (χ0n) is 18.9. The number of rotatable bonds is 3. The average Bonchev–Trinajstić information content (AvgIpc) is 2.94. The Morgan fingerprint density at radius 1 is 0.909 bits per heavy atom. The largest absolute Gasteiger partial charge is 0.322 e. The van der Waals surface area contributed by atoms with Gasteiger partial charge in [0, 0.05) is 40.4 Å². The van der Waals surface area contributed by atoms with Crippen LogP contribution in [0.15, 0.2) is 54.6 Å². The predicted molar refractivity (Wildman–Crippen MR) is 132 cm³/mol. The summed E-state index contributed by atoms with van der Waals surface area (Å²) in [6, 6.07) is 15.9. The van der Waals surface area contributed by atoms with Crippen LogP contribution in [-0.4, -0.2) is 24.1 Å². The fourth-order valence-corrected chi connectivity index (χ4v) is 4.22. The molecule has 0 radical (unpaired) electrons. The van der Waals surface area contributed by atoms with Crippen molar-refractivity contribution in [2.75, 3.05) is 16.8 Å². The van der Waals surface area contributed by atoms with E-state index >= 15 is 0 Å². The molecule has 2 amide bonds. The molecule has 0 unspecified atom stereocenters. The molecule has 1 aliphatic heterocycles. The van der Waals surface area contributed by atoms with Crippen LogP contribution in [0.1, 0.15) is 60.6 Å². The van der Waals surface area contributed by atoms with Gasteiger partial charge in [-0.25, -0.2) is 0 Å². The number of hydrogen-bond donors (Lipinski definition) is 1. The molecule has 1 aliphatic rings. The summed E-state index contributed by atoms with van der Waals surface area (Å²) in [4.78, 5) is 40.2. The second-order valence-electron chi connectivity index (χ2n) is 8.43. The van der Waals surface area contributed by atoms with E-state index in [1.54, 1.807) is 47.4 Å². The zero-order chi connectivity index (χ0) is 23.7. The SMILES string of the molecule is Cc1ccc(C(=O)Nc2ccc(C(=O)N3CCCC(=O)c4cc(Cl)ccc43)c(C)c2)cc1C. The van der Waals surface area contributed by atoms with Crippen LogP contribution < -0.4 is 10.2 Å². The molecule has 0 aromatic heterocycles. The molecule has 0 bridgehead atoms. The maximum Gasteiger partial charge on any atom is 0.258 e. The van der Waals surface area contributed by atoms with Gasteiger partial charge in [0.05, 0.1) is 5.69 Å². The molecule has 6 heteroatoms. The standard InChI is InChI=1S/C27H25ClN2O3/c1-16-6-7-19(13-17(16)2)26(32)29-21-9-10-22(18(3)14-21)27(33)30-12-4-5-25(31)23-15-20(28)8-11-24(23)30/h6-11,13-15H,4-5,12H2,1-3H3,(H,29,32). The first-order chi connectivity index (χ1) is 15.7. The lowest BCUT2D eigenvalue weighted by Crippen LogP contribution is -2.32. The number of fused-ring (bicyclic) bond motifs is 1. The molecule has 0 saturated heterocycles. The van der Waals surface area contributed by atoms with Crippen molar-refractivity contribution in [3.63, 3.8) is 0 Å². The summed E-state index contributed by atoms with van der Waals surface area (Å²) in [5.41, 5.74) is 5.70. The molecule has 3 aromatic carbocycles. The number of anilines is 2. The summed E-state index contributed by atoms with van der Waals surface area (Å²) in [5, 5.41) is 3.37. The summed E-state index contributed by atoms with van der Waals surface area (Å²) in [6.07, 6.45) is 0.958. The highest BCUT2D eigenvalue weighted by molar-refractivity contribution is 6.31. The minimum atomic E-state index is -0.201. The van der Waals surface area contributed by atoms with E-state index in [0.717, 1.165) is 16.7 Å². The van der Waals surface area contributed by atoms with Gasteiger partial charge in [0.2, 0.25) is 0 Å². The Hall–Kier alpha value is -3.44. The van der Waals surface area contributed by atoms with Crippen LogP contribution in [0.3, 0.4) is 0 Å². The molecule has 168 valence electrons. The molecule has 33 heavy (non-hydrogen) atoms. The molecule has 1 N–H and O–H groups in total. The smallest absolute Gasteiger partial charge is 0.258 e. The molecule has 0 saturated carbocycles. The lowest BCUT2D eigenvalue weighted by molar-refractivity contribution is 0.0973. The van der Waals surface area contributed by atoms with Gasteiger partial charge in [-0.05, 0) is 92.4 Å². The van der Waals surface area contributed by atoms with Crippen molar-refractivity contribution >= 4 is 40.6 Å². The fourth-order valence-electron chi connectivity index (χ4n) is 4.04. The number of Topliss-reactive ketones (excluding diaryl/α,β-unsaturated/α-hetero) is 1. The quantitative estimate of drug-likeness (QED) is 0.510. The van der Waals surface area contributed by atoms with Crippen LogP contribution in [0.2, 0.25) is 5.02 Å². The summed E-state index contributed by atoms with van der Waals surface area (Å²) >= 11 is 6.09. The number of carbonyl (C=O) groups excluding carboxylic acids is 3. The van der Waals surface area contributed by atoms with E-state index in [1.807, 2.05) is 32.9 Å². The van der Waals surface area contributed by atoms with Crippen molar-refractivity contribution in [1.82, 2.24) is 0 Å². The van der Waals surface area contributed by atoms with E-state index in [9.17, 15) is 14.4 Å². The van der Waals surface area contributed by atoms with Gasteiger partial charge in [-0.15, -0.1) is 0 Å². The van der Waals surface area contributed by atoms with Gasteiger partial charge in [0.25, 0.3) is 11.8 Å². The van der Waals surface area contributed by atoms with Gasteiger partial charge in [0.1, 0.15) is 0 Å². The van der Waals surface area contributed by atoms with Crippen molar-refractivity contribution in [1.29, 1.82) is 0 Å². The predicted octanol–water partition coefficient (Wildman–Crippen LogP) is 6.14. The van der Waals surface area contributed by atoms with E-state index in [-0.39, 0.29) is 17.6 Å². The van der Waals surface area contributed by atoms with Crippen LogP contribution in [0.25, 0.3) is 0 Å². The highest BCUT2D eigenvalue weighted by Crippen LogP contribution is 2.31. The maximum absolute atomic E-state index is 13.4. The van der Waals surface area contributed by atoms with Gasteiger partial charge < -0.3 is 10.2 Å². The molecular formula is C27H25ClN2O3. The Labute approximate surface area is 198 Å². The monoisotopic (exact) mass is 460 g/mol. The first-order valence-corrected chi connectivity index (χ1v) is 11.3. The Kier molecular flexibility index (Phi) is 6.34. The molecule has 5 nitrogen and oxygen atoms in total. The Bertz CT molecular complexity index is 1280. The molecular weight excluding hydrogens is 436 g/mol. The number of ketones is 1. The van der Waals surface area contributed by atoms with E-state index in [2.05, 4.69) is 5.32 Å². The molecule has 0 fully saturated rings. The molecule has 0 atom stereocenters. The minimum absolute atomic E-state index is 0.0103. The number of nitrogens with one attached hydrogen (secondary N) is 1. The third-order valence-electron chi connectivity index (χ3n) is 6.06. The zero-order valence-corrected chi connectivity index (χ0v) is 19.6. The molecule has 0 spiro atoms. The van der Waals surface area contributed by atoms with Gasteiger partial charge in [-0.1, -0.05) is 17.7 Å². The molecule has 0 aliphatic carbocycles. The van der Waals surface area contributed by atoms with E-state index in [1.165, 1.54) is 0 Å². The van der Waals surface area contributed by atoms with Crippen molar-refractivity contribution in [2.45, 2.75) is 33.6 Å². The van der Waals surface area contributed by atoms with Crippen LogP contribution in [0, 0.1) is 20.8 Å². The normalized spacial score (nSPS) is 13.3. The summed E-state index contributed by atoms with van der Waals surface area (Å²) < 4.78 is 0. The maximum atomic E-state index is 13.4. The molecule has 4 rings (SSSR count). The van der Waals surface area contributed by atoms with E-state index in [0.29, 0.717) is 52.5 Å². The minimum Gasteiger partial charge on any atom is -0.322 e. The lowest BCUT2D eigenvalue weighted by Gasteiger charge is -2.23. The first kappa shape index (κ1) is 22.7. The van der Waals surface area contributed by atoms with Crippen LogP contribution >= 0.6 is 11.6 Å². The summed E-state index contributed by atoms with van der Waals surface area (Å²) in [6.45, 7) is 6.26. The lowest BCUT2D eigenvalue weighted by atomic mass is 10.0. The van der Waals surface area contributed by atoms with Crippen molar-refractivity contribution in [3.05, 3.63) is 93.0 Å². The van der Waals surface area contributed by atoms with Gasteiger partial charge >= 0.3 is 0 Å². The number of carbonyl (C=O) groups is 3. The Morgan fingerprint density at radius 3 is 2.42 bits per heavy atom. The third kappa shape index (κ3) is 4.69. The van der Waals surface area contributed by atoms with Gasteiger partial charge in [0.15, 0.2) is 5.78 Å². The number of benzene rings is 3. The fraction of sp³-hybridized carbons (Fsp3) is 0.222. The van der Waals surface area contributed by atoms with Crippen molar-refractivity contribution in [2.24, 2.45) is 0 Å². The Morgan fingerprint density at radius 2 is 1.70 bits per heavy atom. The van der Waals surface area contributed by atoms with E-state index in [4.69, 9.17) is 11.6 Å². The second kappa shape index (κ2) is 9.20. The Balaban J connectivity index is 1.58. The topological polar surface area (TPSA) is 66.5 Å². The highest BCUT2D eigenvalue weighted by Gasteiger charge is 2.27. The number of halogens is 1. The number of nitrogens with zero attached hydrogens (tertiary/aromatic N) is 1. The number of amides is 2. The van der Waals surface area contributed by atoms with Crippen molar-refractivity contribution < 1.29 is 14.4 Å².